The van der Waals surface area contributed by atoms with Crippen LogP contribution in [0.4, 0.5) is 4.39 Å². The van der Waals surface area contributed by atoms with Gasteiger partial charge in [-0.25, -0.2) is 4.39 Å². The molecule has 0 fully saturated rings. The summed E-state index contributed by atoms with van der Waals surface area (Å²) in [6.07, 6.45) is 1.61. The molecule has 122 valence electrons. The number of rotatable bonds is 5. The number of aryl methyl sites for hydroxylation is 1. The Morgan fingerprint density at radius 1 is 1.30 bits per heavy atom. The normalized spacial score (nSPS) is 11.9. The van der Waals surface area contributed by atoms with Gasteiger partial charge in [0, 0.05) is 18.8 Å². The molecule has 0 radical (unpaired) electrons. The van der Waals surface area contributed by atoms with Crippen LogP contribution < -0.4 is 10.1 Å². The molecule has 0 aliphatic rings. The van der Waals surface area contributed by atoms with Gasteiger partial charge >= 0.3 is 0 Å². The lowest BCUT2D eigenvalue weighted by Crippen LogP contribution is -2.28. The number of methoxy groups -OCH3 is 1. The number of ether oxygens (including phenoxy) is 1. The van der Waals surface area contributed by atoms with Crippen LogP contribution in [-0.2, 0) is 7.05 Å². The van der Waals surface area contributed by atoms with E-state index in [4.69, 9.17) is 4.74 Å². The number of nitrogens with zero attached hydrogens (tertiary/aromatic N) is 1. The molecular weight excluding hydrogens is 299 g/mol. The molecule has 0 saturated carbocycles. The first-order chi connectivity index (χ1) is 10.8. The Morgan fingerprint density at radius 2 is 2.00 bits per heavy atom. The lowest BCUT2D eigenvalue weighted by molar-refractivity contribution is 0.0931. The van der Waals surface area contributed by atoms with E-state index in [0.29, 0.717) is 16.8 Å². The minimum Gasteiger partial charge on any atom is -0.494 e. The highest BCUT2D eigenvalue weighted by Crippen LogP contribution is 2.22. The summed E-state index contributed by atoms with van der Waals surface area (Å²) in [5.74, 6) is -0.765. The van der Waals surface area contributed by atoms with E-state index in [2.05, 4.69) is 5.32 Å². The number of nitrogens with one attached hydrogen (secondary N) is 1. The average molecular weight is 318 g/mol. The molecule has 0 aliphatic heterocycles. The van der Waals surface area contributed by atoms with Gasteiger partial charge in [0.1, 0.15) is 5.69 Å². The standard InChI is InChI=1S/C17H19FN2O3/c1-10(12-5-6-16(23-4)14(18)7-12)19-17(22)15-8-13(11(2)21)9-20(15)3/h5-10H,1-4H3,(H,19,22)/t10-/m1/s1. The van der Waals surface area contributed by atoms with E-state index in [1.165, 1.54) is 26.2 Å². The minimum atomic E-state index is -0.483. The minimum absolute atomic E-state index is 0.107. The Bertz CT molecular complexity index is 752. The Morgan fingerprint density at radius 3 is 2.52 bits per heavy atom. The van der Waals surface area contributed by atoms with Crippen molar-refractivity contribution >= 4 is 11.7 Å². The van der Waals surface area contributed by atoms with E-state index < -0.39 is 11.9 Å². The predicted molar refractivity (Wildman–Crippen MR) is 84.3 cm³/mol. The third-order valence-electron chi connectivity index (χ3n) is 3.67. The maximum absolute atomic E-state index is 13.7. The van der Waals surface area contributed by atoms with Crippen molar-refractivity contribution in [2.45, 2.75) is 19.9 Å². The van der Waals surface area contributed by atoms with Crippen LogP contribution >= 0.6 is 0 Å². The van der Waals surface area contributed by atoms with Crippen molar-refractivity contribution in [2.75, 3.05) is 7.11 Å². The van der Waals surface area contributed by atoms with Crippen LogP contribution in [-0.4, -0.2) is 23.4 Å². The average Bonchev–Trinajstić information content (AvgIpc) is 2.89. The monoisotopic (exact) mass is 318 g/mol. The molecule has 0 bridgehead atoms. The molecule has 0 saturated heterocycles. The Kier molecular flexibility index (Phi) is 4.83. The van der Waals surface area contributed by atoms with Gasteiger partial charge in [-0.15, -0.1) is 0 Å². The summed E-state index contributed by atoms with van der Waals surface area (Å²) in [5, 5.41) is 2.79. The lowest BCUT2D eigenvalue weighted by atomic mass is 10.1. The number of ketones is 1. The van der Waals surface area contributed by atoms with E-state index in [0.717, 1.165) is 0 Å². The first-order valence-corrected chi connectivity index (χ1v) is 7.15. The smallest absolute Gasteiger partial charge is 0.268 e. The summed E-state index contributed by atoms with van der Waals surface area (Å²) in [7, 11) is 3.09. The van der Waals surface area contributed by atoms with E-state index in [9.17, 15) is 14.0 Å². The van der Waals surface area contributed by atoms with Crippen LogP contribution in [0.3, 0.4) is 0 Å². The van der Waals surface area contributed by atoms with E-state index in [1.54, 1.807) is 36.9 Å². The van der Waals surface area contributed by atoms with E-state index >= 15 is 0 Å². The van der Waals surface area contributed by atoms with Crippen molar-refractivity contribution in [3.63, 3.8) is 0 Å². The van der Waals surface area contributed by atoms with Gasteiger partial charge in [-0.05, 0) is 37.6 Å². The maximum atomic E-state index is 13.7. The number of carbonyl (C=O) groups excluding carboxylic acids is 2. The van der Waals surface area contributed by atoms with Crippen molar-refractivity contribution in [3.8, 4) is 5.75 Å². The predicted octanol–water partition coefficient (Wildman–Crippen LogP) is 2.87. The Balaban J connectivity index is 2.16. The zero-order valence-electron chi connectivity index (χ0n) is 13.5. The van der Waals surface area contributed by atoms with Gasteiger partial charge in [-0.2, -0.15) is 0 Å². The summed E-state index contributed by atoms with van der Waals surface area (Å²) in [6, 6.07) is 5.69. The van der Waals surface area contributed by atoms with E-state index in [1.807, 2.05) is 0 Å². The van der Waals surface area contributed by atoms with Gasteiger partial charge in [0.15, 0.2) is 17.3 Å². The first-order valence-electron chi connectivity index (χ1n) is 7.15. The number of hydrogen-bond acceptors (Lipinski definition) is 3. The van der Waals surface area contributed by atoms with Gasteiger partial charge in [0.05, 0.1) is 13.2 Å². The molecule has 23 heavy (non-hydrogen) atoms. The van der Waals surface area contributed by atoms with Gasteiger partial charge in [-0.1, -0.05) is 6.07 Å². The quantitative estimate of drug-likeness (QED) is 0.862. The number of Topliss-reactive ketones (excluding diaryl/α,β-unsaturated/α-hetero) is 1. The van der Waals surface area contributed by atoms with Gasteiger partial charge in [0.2, 0.25) is 0 Å². The summed E-state index contributed by atoms with van der Waals surface area (Å²) in [4.78, 5) is 23.7. The van der Waals surface area contributed by atoms with Crippen LogP contribution in [0.15, 0.2) is 30.5 Å². The molecule has 6 heteroatoms. The molecule has 1 heterocycles. The van der Waals surface area contributed by atoms with E-state index in [-0.39, 0.29) is 17.4 Å². The van der Waals surface area contributed by atoms with Crippen LogP contribution in [0.1, 0.15) is 46.3 Å². The van der Waals surface area contributed by atoms with Crippen molar-refractivity contribution < 1.29 is 18.7 Å². The molecule has 0 spiro atoms. The fraction of sp³-hybridized carbons (Fsp3) is 0.294. The largest absolute Gasteiger partial charge is 0.494 e. The summed E-state index contributed by atoms with van der Waals surface area (Å²) in [5.41, 5.74) is 1.47. The third kappa shape index (κ3) is 3.59. The topological polar surface area (TPSA) is 60.3 Å². The maximum Gasteiger partial charge on any atom is 0.268 e. The molecule has 2 aromatic rings. The van der Waals surface area contributed by atoms with Crippen LogP contribution in [0.25, 0.3) is 0 Å². The number of carbonyl (C=O) groups is 2. The fourth-order valence-electron chi connectivity index (χ4n) is 2.29. The van der Waals surface area contributed by atoms with Crippen LogP contribution in [0.2, 0.25) is 0 Å². The SMILES string of the molecule is COc1ccc([C@@H](C)NC(=O)c2cc(C(C)=O)cn2C)cc1F. The molecule has 1 N–H and O–H groups in total. The first kappa shape index (κ1) is 16.7. The van der Waals surface area contributed by atoms with Crippen molar-refractivity contribution in [1.82, 2.24) is 9.88 Å². The summed E-state index contributed by atoms with van der Waals surface area (Å²) in [6.45, 7) is 3.20. The summed E-state index contributed by atoms with van der Waals surface area (Å²) < 4.78 is 20.2. The summed E-state index contributed by atoms with van der Waals surface area (Å²) >= 11 is 0. The molecule has 0 aliphatic carbocycles. The third-order valence-corrected chi connectivity index (χ3v) is 3.67. The molecule has 0 unspecified atom stereocenters. The Labute approximate surface area is 134 Å². The van der Waals surface area contributed by atoms with Crippen LogP contribution in [0.5, 0.6) is 5.75 Å². The van der Waals surface area contributed by atoms with Crippen molar-refractivity contribution in [1.29, 1.82) is 0 Å². The second kappa shape index (κ2) is 6.64. The molecule has 2 rings (SSSR count). The number of halogens is 1. The Hall–Kier alpha value is -2.63. The van der Waals surface area contributed by atoms with Gasteiger partial charge in [0.25, 0.3) is 5.91 Å². The molecule has 5 nitrogen and oxygen atoms in total. The zero-order chi connectivity index (χ0) is 17.1. The molecule has 1 atom stereocenters. The lowest BCUT2D eigenvalue weighted by Gasteiger charge is -2.15. The zero-order valence-corrected chi connectivity index (χ0v) is 13.5. The fourth-order valence-corrected chi connectivity index (χ4v) is 2.29. The highest BCUT2D eigenvalue weighted by atomic mass is 19.1. The van der Waals surface area contributed by atoms with Gasteiger partial charge in [-0.3, -0.25) is 9.59 Å². The molecule has 1 aromatic heterocycles. The number of amides is 1. The van der Waals surface area contributed by atoms with Crippen LogP contribution in [0, 0.1) is 5.82 Å². The highest BCUT2D eigenvalue weighted by Gasteiger charge is 2.17. The molecule has 1 aromatic carbocycles. The number of benzene rings is 1. The molecular formula is C17H19FN2O3. The number of aromatic nitrogens is 1. The molecule has 1 amide bonds. The van der Waals surface area contributed by atoms with Crippen molar-refractivity contribution in [2.24, 2.45) is 7.05 Å². The second-order valence-corrected chi connectivity index (χ2v) is 5.37. The van der Waals surface area contributed by atoms with Crippen molar-refractivity contribution in [3.05, 3.63) is 53.1 Å². The number of hydrogen-bond donors (Lipinski definition) is 1. The second-order valence-electron chi connectivity index (χ2n) is 5.37. The highest BCUT2D eigenvalue weighted by molar-refractivity contribution is 5.99. The van der Waals surface area contributed by atoms with Gasteiger partial charge < -0.3 is 14.6 Å².